The molecule has 0 fully saturated rings. The van der Waals surface area contributed by atoms with Crippen molar-refractivity contribution in [3.63, 3.8) is 0 Å². The molecular formula is C31H44ClN4O9S-. The summed E-state index contributed by atoms with van der Waals surface area (Å²) in [6.45, 7) is 23.8. The molecular weight excluding hydrogens is 640 g/mol. The van der Waals surface area contributed by atoms with E-state index in [1.165, 1.54) is 19.2 Å². The first-order chi connectivity index (χ1) is 21.2. The maximum atomic E-state index is 12.1. The standard InChI is InChI=1S/C14H17NO3S.C10H16N2O2.C7H11ClNO4/c1-11-6-8-12(9-7-11)19(16,17)18-13(10-15-5)14(2,3)4;1-10(2,3)7-5-6(11)8(12-7)9(13)14-4;1-3-12-6(10)5(9-8)7(11)13-4-2/h6-10H,1-4H3;5,12H,11H2,1-4H3;5H,3-4H2,1-2H3/q;;-1. The average Bonchev–Trinajstić information content (AvgIpc) is 3.36. The van der Waals surface area contributed by atoms with Crippen LogP contribution in [-0.4, -0.2) is 57.7 Å². The van der Waals surface area contributed by atoms with E-state index in [1.54, 1.807) is 52.8 Å². The number of nitrogen functional groups attached to an aromatic ring is 1. The lowest BCUT2D eigenvalue weighted by Gasteiger charge is -2.22. The SMILES string of the molecule is CCOC(=O)C([N-]Cl)C(=O)OCC.COC(=O)c1[nH]c(C(C)(C)C)cc1N.[C-]#[N+]C=C(OS(=O)(=O)c1ccc(C)cc1)C(C)(C)C. The van der Waals surface area contributed by atoms with E-state index < -0.39 is 39.5 Å². The van der Waals surface area contributed by atoms with Gasteiger partial charge in [0.05, 0.1) is 38.6 Å². The van der Waals surface area contributed by atoms with Crippen LogP contribution < -0.4 is 5.73 Å². The number of carbonyl (C=O) groups excluding carboxylic acids is 3. The number of nitrogens with zero attached hydrogens (tertiary/aromatic N) is 2. The molecule has 0 saturated carbocycles. The predicted octanol–water partition coefficient (Wildman–Crippen LogP) is 6.20. The van der Waals surface area contributed by atoms with Crippen LogP contribution in [0.5, 0.6) is 0 Å². The Morgan fingerprint density at radius 3 is 1.89 bits per heavy atom. The minimum atomic E-state index is -3.89. The quantitative estimate of drug-likeness (QED) is 0.0771. The molecule has 0 amide bonds. The average molecular weight is 684 g/mol. The van der Waals surface area contributed by atoms with Crippen molar-refractivity contribution >= 4 is 45.5 Å². The molecule has 0 spiro atoms. The molecule has 1 heterocycles. The smallest absolute Gasteiger partial charge is 0.356 e. The molecule has 0 atom stereocenters. The maximum absolute atomic E-state index is 12.1. The number of esters is 3. The van der Waals surface area contributed by atoms with Crippen molar-refractivity contribution in [3.8, 4) is 0 Å². The first kappa shape index (κ1) is 41.9. The van der Waals surface area contributed by atoms with Crippen LogP contribution in [0.2, 0.25) is 0 Å². The molecule has 0 radical (unpaired) electrons. The molecule has 0 aliphatic carbocycles. The number of aromatic amines is 1. The Bertz CT molecular complexity index is 1460. The van der Waals surface area contributed by atoms with E-state index in [0.717, 1.165) is 17.5 Å². The second-order valence-corrected chi connectivity index (χ2v) is 13.2. The number of ether oxygens (including phenoxy) is 3. The van der Waals surface area contributed by atoms with Gasteiger partial charge in [0.25, 0.3) is 11.9 Å². The Balaban J connectivity index is 0.000000677. The van der Waals surface area contributed by atoms with Gasteiger partial charge in [0.1, 0.15) is 16.3 Å². The number of carbonyl (C=O) groups is 3. The molecule has 13 nitrogen and oxygen atoms in total. The minimum absolute atomic E-state index is 0.0552. The number of rotatable bonds is 9. The van der Waals surface area contributed by atoms with E-state index in [-0.39, 0.29) is 29.3 Å². The first-order valence-corrected chi connectivity index (χ1v) is 15.7. The van der Waals surface area contributed by atoms with Gasteiger partial charge in [-0.2, -0.15) is 8.42 Å². The normalized spacial score (nSPS) is 11.6. The van der Waals surface area contributed by atoms with Crippen LogP contribution in [0.3, 0.4) is 0 Å². The van der Waals surface area contributed by atoms with Crippen LogP contribution >= 0.6 is 11.8 Å². The number of aromatic nitrogens is 1. The van der Waals surface area contributed by atoms with Crippen LogP contribution in [0, 0.1) is 18.9 Å². The number of nitrogens with one attached hydrogen (secondary N) is 1. The summed E-state index contributed by atoms with van der Waals surface area (Å²) >= 11 is 5.05. The van der Waals surface area contributed by atoms with Crippen molar-refractivity contribution in [1.82, 2.24) is 4.98 Å². The summed E-state index contributed by atoms with van der Waals surface area (Å²) in [5.74, 6) is -1.90. The molecule has 15 heteroatoms. The number of anilines is 1. The molecule has 2 rings (SSSR count). The number of hydrogen-bond donors (Lipinski definition) is 2. The number of allylic oxidation sites excluding steroid dienone is 1. The van der Waals surface area contributed by atoms with Gasteiger partial charge in [0, 0.05) is 16.5 Å². The predicted molar refractivity (Wildman–Crippen MR) is 175 cm³/mol. The Hall–Kier alpha value is -4.06. The molecule has 0 saturated heterocycles. The third-order valence-corrected chi connectivity index (χ3v) is 7.04. The topological polar surface area (TPSA) is 183 Å². The number of benzene rings is 1. The lowest BCUT2D eigenvalue weighted by molar-refractivity contribution is -0.154. The Morgan fingerprint density at radius 2 is 1.54 bits per heavy atom. The van der Waals surface area contributed by atoms with E-state index in [2.05, 4.69) is 28.9 Å². The van der Waals surface area contributed by atoms with E-state index in [1.807, 2.05) is 27.7 Å². The van der Waals surface area contributed by atoms with Gasteiger partial charge >= 0.3 is 16.1 Å². The van der Waals surface area contributed by atoms with Gasteiger partial charge in [-0.3, -0.25) is 21.4 Å². The van der Waals surface area contributed by atoms with Crippen molar-refractivity contribution in [3.05, 3.63) is 75.5 Å². The lowest BCUT2D eigenvalue weighted by atomic mass is 9.92. The summed E-state index contributed by atoms with van der Waals surface area (Å²) in [5.41, 5.74) is 7.73. The zero-order valence-corrected chi connectivity index (χ0v) is 29.5. The highest BCUT2D eigenvalue weighted by atomic mass is 35.5. The molecule has 46 heavy (non-hydrogen) atoms. The zero-order valence-electron chi connectivity index (χ0n) is 27.9. The highest BCUT2D eigenvalue weighted by Crippen LogP contribution is 2.30. The van der Waals surface area contributed by atoms with Crippen molar-refractivity contribution in [2.24, 2.45) is 5.41 Å². The molecule has 1 aromatic heterocycles. The van der Waals surface area contributed by atoms with Crippen molar-refractivity contribution in [2.75, 3.05) is 26.1 Å². The number of methoxy groups -OCH3 is 1. The number of aryl methyl sites for hydroxylation is 1. The Kier molecular flexibility index (Phi) is 17.1. The summed E-state index contributed by atoms with van der Waals surface area (Å²) < 4.78 is 43.0. The van der Waals surface area contributed by atoms with E-state index in [0.29, 0.717) is 11.4 Å². The second-order valence-electron chi connectivity index (χ2n) is 11.5. The van der Waals surface area contributed by atoms with Gasteiger partial charge in [0.2, 0.25) is 0 Å². The summed E-state index contributed by atoms with van der Waals surface area (Å²) in [7, 11) is -2.56. The van der Waals surface area contributed by atoms with Crippen LogP contribution in [0.4, 0.5) is 5.69 Å². The molecule has 0 bridgehead atoms. The molecule has 3 N–H and O–H groups in total. The van der Waals surface area contributed by atoms with Crippen molar-refractivity contribution < 1.29 is 41.2 Å². The van der Waals surface area contributed by atoms with Gasteiger partial charge < -0.3 is 33.9 Å². The van der Waals surface area contributed by atoms with Gasteiger partial charge in [-0.25, -0.2) is 9.64 Å². The minimum Gasteiger partial charge on any atom is -0.554 e. The molecule has 1 aromatic carbocycles. The van der Waals surface area contributed by atoms with E-state index >= 15 is 0 Å². The molecule has 0 aliphatic heterocycles. The monoisotopic (exact) mass is 683 g/mol. The number of nitrogens with two attached hydrogens (primary N) is 1. The van der Waals surface area contributed by atoms with Crippen molar-refractivity contribution in [1.29, 1.82) is 0 Å². The van der Waals surface area contributed by atoms with Crippen LogP contribution in [0.1, 0.15) is 77.1 Å². The molecule has 0 aliphatic rings. The Morgan fingerprint density at radius 1 is 1.04 bits per heavy atom. The maximum Gasteiger partial charge on any atom is 0.356 e. The number of halogens is 1. The third kappa shape index (κ3) is 13.9. The summed E-state index contributed by atoms with van der Waals surface area (Å²) in [6, 6.07) is 6.77. The fourth-order valence-corrected chi connectivity index (χ4v) is 4.29. The zero-order chi connectivity index (χ0) is 35.9. The largest absolute Gasteiger partial charge is 0.554 e. The molecule has 2 aromatic rings. The second kappa shape index (κ2) is 18.8. The number of hydrogen-bond acceptors (Lipinski definition) is 10. The van der Waals surface area contributed by atoms with Gasteiger partial charge in [-0.15, -0.1) is 0 Å². The van der Waals surface area contributed by atoms with E-state index in [9.17, 15) is 22.8 Å². The van der Waals surface area contributed by atoms with Gasteiger partial charge in [-0.05, 0) is 39.0 Å². The highest BCUT2D eigenvalue weighted by molar-refractivity contribution is 7.86. The van der Waals surface area contributed by atoms with Crippen LogP contribution in [0.15, 0.2) is 47.2 Å². The Labute approximate surface area is 276 Å². The highest BCUT2D eigenvalue weighted by Gasteiger charge is 2.26. The fourth-order valence-electron chi connectivity index (χ4n) is 3.03. The molecule has 0 unspecified atom stereocenters. The van der Waals surface area contributed by atoms with Gasteiger partial charge in [-0.1, -0.05) is 59.2 Å². The third-order valence-electron chi connectivity index (χ3n) is 5.59. The fraction of sp³-hybridized carbons (Fsp3) is 0.484. The van der Waals surface area contributed by atoms with Crippen LogP contribution in [-0.2, 0) is 43.5 Å². The first-order valence-electron chi connectivity index (χ1n) is 14.0. The molecule has 256 valence electrons. The lowest BCUT2D eigenvalue weighted by Crippen LogP contribution is -2.31. The summed E-state index contributed by atoms with van der Waals surface area (Å²) in [6.07, 6.45) is 1.10. The van der Waals surface area contributed by atoms with Gasteiger partial charge in [0.15, 0.2) is 6.20 Å². The van der Waals surface area contributed by atoms with Crippen LogP contribution in [0.25, 0.3) is 9.68 Å². The summed E-state index contributed by atoms with van der Waals surface area (Å²) in [5, 5.41) is 0. The van der Waals surface area contributed by atoms with E-state index in [4.69, 9.17) is 28.3 Å². The number of H-pyrrole nitrogens is 1. The van der Waals surface area contributed by atoms with Crippen molar-refractivity contribution in [2.45, 2.75) is 78.7 Å². The summed E-state index contributed by atoms with van der Waals surface area (Å²) in [4.78, 5) is 42.4.